The van der Waals surface area contributed by atoms with E-state index in [1.54, 1.807) is 24.3 Å². The molecular weight excluding hydrogens is 791 g/mol. The molecule has 5 rings (SSSR count). The summed E-state index contributed by atoms with van der Waals surface area (Å²) in [6.45, 7) is 7.58. The highest BCUT2D eigenvalue weighted by Gasteiger charge is 2.28. The van der Waals surface area contributed by atoms with Crippen LogP contribution in [0.2, 0.25) is 10.0 Å². The van der Waals surface area contributed by atoms with Crippen LogP contribution in [0, 0.1) is 6.92 Å². The molecule has 0 saturated carbocycles. The molecule has 4 aromatic carbocycles. The normalized spacial score (nSPS) is 14.1. The van der Waals surface area contributed by atoms with Crippen LogP contribution >= 0.6 is 23.2 Å². The predicted molar refractivity (Wildman–Crippen MR) is 214 cm³/mol. The Bertz CT molecular complexity index is 2200. The van der Waals surface area contributed by atoms with Gasteiger partial charge >= 0.3 is 0 Å². The van der Waals surface area contributed by atoms with Gasteiger partial charge in [0.25, 0.3) is 20.2 Å². The topological polar surface area (TPSA) is 170 Å². The summed E-state index contributed by atoms with van der Waals surface area (Å²) in [6.07, 6.45) is 1.31. The van der Waals surface area contributed by atoms with E-state index in [1.165, 1.54) is 5.56 Å². The number of hydrogen-bond donors (Lipinski definition) is 4. The van der Waals surface area contributed by atoms with Crippen LogP contribution in [0.1, 0.15) is 59.8 Å². The summed E-state index contributed by atoms with van der Waals surface area (Å²) >= 11 is 13.3. The van der Waals surface area contributed by atoms with Crippen molar-refractivity contribution >= 4 is 43.4 Å². The Kier molecular flexibility index (Phi) is 14.7. The lowest BCUT2D eigenvalue weighted by Crippen LogP contribution is -2.22. The summed E-state index contributed by atoms with van der Waals surface area (Å²) in [7, 11) is -8.15. The van der Waals surface area contributed by atoms with Crippen LogP contribution in [0.5, 0.6) is 23.0 Å². The van der Waals surface area contributed by atoms with Gasteiger partial charge in [0.15, 0.2) is 0 Å². The van der Waals surface area contributed by atoms with E-state index < -0.39 is 31.7 Å². The van der Waals surface area contributed by atoms with Crippen molar-refractivity contribution in [2.24, 2.45) is 0 Å². The van der Waals surface area contributed by atoms with E-state index in [-0.39, 0.29) is 32.3 Å². The van der Waals surface area contributed by atoms with Crippen molar-refractivity contribution in [3.63, 3.8) is 0 Å². The van der Waals surface area contributed by atoms with Gasteiger partial charge in [0.2, 0.25) is 0 Å². The fourth-order valence-corrected chi connectivity index (χ4v) is 7.76. The molecule has 0 saturated heterocycles. The SMILES string of the molecule is CCOc1cc(OCc2cccc(-c3cccc4c3CC[C@@H]4Oc3cc(OCC)c(CNCCS(=O)(=O)O)cc3Cl)c2C)c(Cl)cc1CNCCS(=O)(=O)O. The molecule has 1 aliphatic carbocycles. The van der Waals surface area contributed by atoms with E-state index in [1.807, 2.05) is 32.0 Å². The number of ether oxygens (including phenoxy) is 4. The van der Waals surface area contributed by atoms with E-state index in [0.717, 1.165) is 51.8 Å². The lowest BCUT2D eigenvalue weighted by atomic mass is 9.91. The molecule has 4 N–H and O–H groups in total. The van der Waals surface area contributed by atoms with Gasteiger partial charge in [-0.05, 0) is 79.1 Å². The van der Waals surface area contributed by atoms with Crippen molar-refractivity contribution in [1.82, 2.24) is 10.6 Å². The molecule has 12 nitrogen and oxygen atoms in total. The van der Waals surface area contributed by atoms with Crippen molar-refractivity contribution in [3.8, 4) is 34.1 Å². The summed E-state index contributed by atoms with van der Waals surface area (Å²) in [6, 6.07) is 19.3. The number of benzene rings is 4. The third kappa shape index (κ3) is 11.7. The maximum absolute atomic E-state index is 11.1. The Morgan fingerprint density at radius 2 is 1.25 bits per heavy atom. The van der Waals surface area contributed by atoms with Gasteiger partial charge in [0.1, 0.15) is 35.7 Å². The maximum Gasteiger partial charge on any atom is 0.266 e. The quantitative estimate of drug-likeness (QED) is 0.0516. The highest BCUT2D eigenvalue weighted by atomic mass is 35.5. The van der Waals surface area contributed by atoms with Gasteiger partial charge in [-0.3, -0.25) is 9.11 Å². The Hall–Kier alpha value is -3.60. The van der Waals surface area contributed by atoms with E-state index in [0.29, 0.717) is 52.8 Å². The monoisotopic (exact) mass is 836 g/mol. The Balaban J connectivity index is 1.31. The van der Waals surface area contributed by atoms with Gasteiger partial charge in [-0.25, -0.2) is 0 Å². The lowest BCUT2D eigenvalue weighted by Gasteiger charge is -2.20. The largest absolute Gasteiger partial charge is 0.493 e. The molecule has 0 fully saturated rings. The van der Waals surface area contributed by atoms with Crippen molar-refractivity contribution in [2.45, 2.75) is 59.4 Å². The van der Waals surface area contributed by atoms with Crippen molar-refractivity contribution in [1.29, 1.82) is 0 Å². The summed E-state index contributed by atoms with van der Waals surface area (Å²) in [5.74, 6) is 1.25. The van der Waals surface area contributed by atoms with Gasteiger partial charge in [-0.2, -0.15) is 16.8 Å². The molecule has 0 unspecified atom stereocenters. The highest BCUT2D eigenvalue weighted by Crippen LogP contribution is 2.44. The molecule has 4 aromatic rings. The fourth-order valence-electron chi connectivity index (χ4n) is 6.49. The molecule has 0 aliphatic heterocycles. The van der Waals surface area contributed by atoms with Gasteiger partial charge in [-0.15, -0.1) is 0 Å². The average molecular weight is 838 g/mol. The molecule has 0 aromatic heterocycles. The zero-order valence-electron chi connectivity index (χ0n) is 30.9. The Labute approximate surface area is 332 Å². The van der Waals surface area contributed by atoms with Crippen LogP contribution in [0.15, 0.2) is 60.7 Å². The molecule has 0 heterocycles. The molecule has 0 amide bonds. The third-order valence-corrected chi connectivity index (χ3v) is 11.2. The van der Waals surface area contributed by atoms with E-state index in [2.05, 4.69) is 35.8 Å². The van der Waals surface area contributed by atoms with Crippen LogP contribution in [-0.2, 0) is 46.4 Å². The van der Waals surface area contributed by atoms with E-state index in [4.69, 9.17) is 51.3 Å². The lowest BCUT2D eigenvalue weighted by molar-refractivity contribution is 0.206. The minimum atomic E-state index is -4.07. The zero-order chi connectivity index (χ0) is 39.8. The Morgan fingerprint density at radius 1 is 0.709 bits per heavy atom. The highest BCUT2D eigenvalue weighted by molar-refractivity contribution is 7.86. The summed E-state index contributed by atoms with van der Waals surface area (Å²) in [5.41, 5.74) is 7.96. The Morgan fingerprint density at radius 3 is 1.84 bits per heavy atom. The van der Waals surface area contributed by atoms with Crippen molar-refractivity contribution in [3.05, 3.63) is 104 Å². The zero-order valence-corrected chi connectivity index (χ0v) is 34.0. The van der Waals surface area contributed by atoms with Crippen LogP contribution in [0.4, 0.5) is 0 Å². The van der Waals surface area contributed by atoms with Crippen molar-refractivity contribution < 1.29 is 44.9 Å². The standard InChI is InChI=1S/C39H46Cl2N2O10S2/c1-4-50-36-20-38(33(40)18-27(36)22-42-14-16-54(44,45)46)52-24-26-8-6-9-29(25(26)3)30-10-7-11-32-31(30)12-13-35(32)53-39-21-37(51-5-2)28(19-34(39)41)23-43-15-17-55(47,48)49/h6-11,18-21,35,42-43H,4-5,12-17,22-24H2,1-3H3,(H,44,45,46)(H,47,48,49)/t35-/m0/s1. The van der Waals surface area contributed by atoms with Gasteiger partial charge in [0, 0.05) is 49.4 Å². The second kappa shape index (κ2) is 19.0. The van der Waals surface area contributed by atoms with E-state index >= 15 is 0 Å². The smallest absolute Gasteiger partial charge is 0.266 e. The number of fused-ring (bicyclic) bond motifs is 1. The van der Waals surface area contributed by atoms with Crippen molar-refractivity contribution in [2.75, 3.05) is 37.8 Å². The molecule has 55 heavy (non-hydrogen) atoms. The first-order chi connectivity index (χ1) is 26.2. The van der Waals surface area contributed by atoms with Crippen LogP contribution < -0.4 is 29.6 Å². The average Bonchev–Trinajstić information content (AvgIpc) is 3.53. The number of rotatable bonds is 20. The maximum atomic E-state index is 11.1. The minimum absolute atomic E-state index is 0.0666. The molecule has 1 aliphatic rings. The molecule has 1 atom stereocenters. The second-order valence-electron chi connectivity index (χ2n) is 13.0. The van der Waals surface area contributed by atoms with Crippen LogP contribution in [0.25, 0.3) is 11.1 Å². The summed E-state index contributed by atoms with van der Waals surface area (Å²) in [5, 5.41) is 6.77. The summed E-state index contributed by atoms with van der Waals surface area (Å²) in [4.78, 5) is 0. The summed E-state index contributed by atoms with van der Waals surface area (Å²) < 4.78 is 86.8. The number of halogens is 2. The molecule has 16 heteroatoms. The number of hydrogen-bond acceptors (Lipinski definition) is 10. The molecular formula is C39H46Cl2N2O10S2. The van der Waals surface area contributed by atoms with Gasteiger partial charge in [0.05, 0.1) is 34.8 Å². The predicted octanol–water partition coefficient (Wildman–Crippen LogP) is 7.37. The first kappa shape index (κ1) is 42.5. The first-order valence-electron chi connectivity index (χ1n) is 17.9. The van der Waals surface area contributed by atoms with Gasteiger partial charge in [-0.1, -0.05) is 59.6 Å². The third-order valence-electron chi connectivity index (χ3n) is 9.14. The van der Waals surface area contributed by atoms with Crippen LogP contribution in [-0.4, -0.2) is 63.8 Å². The molecule has 0 radical (unpaired) electrons. The van der Waals surface area contributed by atoms with Gasteiger partial charge < -0.3 is 29.6 Å². The molecule has 298 valence electrons. The first-order valence-corrected chi connectivity index (χ1v) is 21.9. The molecule has 0 bridgehead atoms. The van der Waals surface area contributed by atoms with E-state index in [9.17, 15) is 16.8 Å². The molecule has 0 spiro atoms. The minimum Gasteiger partial charge on any atom is -0.493 e. The second-order valence-corrected chi connectivity index (χ2v) is 16.9. The fraction of sp³-hybridized carbons (Fsp3) is 0.385. The number of nitrogens with one attached hydrogen (secondary N) is 2. The van der Waals surface area contributed by atoms with Crippen LogP contribution in [0.3, 0.4) is 0 Å².